The lowest BCUT2D eigenvalue weighted by Gasteiger charge is -2.56. The zero-order valence-corrected chi connectivity index (χ0v) is 21.0. The van der Waals surface area contributed by atoms with E-state index < -0.39 is 11.6 Å². The van der Waals surface area contributed by atoms with Gasteiger partial charge in [0.15, 0.2) is 10.8 Å². The molecule has 168 valence electrons. The number of hydrogen-bond donors (Lipinski definition) is 2. The predicted octanol–water partition coefficient (Wildman–Crippen LogP) is 5.87. The van der Waals surface area contributed by atoms with Gasteiger partial charge in [-0.05, 0) is 68.9 Å². The van der Waals surface area contributed by atoms with Crippen molar-refractivity contribution < 1.29 is 9.53 Å². The van der Waals surface area contributed by atoms with Gasteiger partial charge in [0.25, 0.3) is 0 Å². The number of nitrogens with zero attached hydrogens (tertiary/aromatic N) is 1. The van der Waals surface area contributed by atoms with Crippen molar-refractivity contribution in [3.05, 3.63) is 87.9 Å². The first-order valence-corrected chi connectivity index (χ1v) is 12.0. The monoisotopic (exact) mass is 521 g/mol. The third kappa shape index (κ3) is 3.69. The Morgan fingerprint density at radius 3 is 2.67 bits per heavy atom. The molecule has 7 heteroatoms. The second kappa shape index (κ2) is 8.15. The van der Waals surface area contributed by atoms with Crippen LogP contribution in [0.4, 0.5) is 11.4 Å². The van der Waals surface area contributed by atoms with Gasteiger partial charge in [0.05, 0.1) is 6.04 Å². The maximum Gasteiger partial charge on any atom is 0.236 e. The molecule has 1 fully saturated rings. The molecule has 2 aliphatic rings. The lowest BCUT2D eigenvalue weighted by molar-refractivity contribution is -0.130. The number of anilines is 2. The van der Waals surface area contributed by atoms with E-state index in [0.717, 1.165) is 38.3 Å². The van der Waals surface area contributed by atoms with Gasteiger partial charge >= 0.3 is 0 Å². The molecular formula is C26H24BrN3O2S. The Labute approximate surface area is 207 Å². The highest BCUT2D eigenvalue weighted by molar-refractivity contribution is 9.10. The zero-order chi connectivity index (χ0) is 23.3. The molecule has 3 unspecified atom stereocenters. The molecule has 5 nitrogen and oxygen atoms in total. The summed E-state index contributed by atoms with van der Waals surface area (Å²) in [4.78, 5) is 15.8. The average Bonchev–Trinajstić information content (AvgIpc) is 2.75. The maximum atomic E-state index is 13.9. The number of halogens is 1. The van der Waals surface area contributed by atoms with Crippen LogP contribution in [0, 0.1) is 19.8 Å². The molecule has 3 atom stereocenters. The van der Waals surface area contributed by atoms with Crippen molar-refractivity contribution in [2.24, 2.45) is 5.92 Å². The molecule has 0 aromatic heterocycles. The molecule has 1 amide bonds. The van der Waals surface area contributed by atoms with Crippen molar-refractivity contribution in [3.63, 3.8) is 0 Å². The van der Waals surface area contributed by atoms with Crippen LogP contribution in [0.5, 0.6) is 5.75 Å². The number of nitrogens with one attached hydrogen (secondary N) is 2. The smallest absolute Gasteiger partial charge is 0.236 e. The largest absolute Gasteiger partial charge is 0.467 e. The number of benzene rings is 3. The molecule has 0 saturated carbocycles. The standard InChI is InChI=1S/C26H24BrN3O2S/c1-15-11-12-20(16(2)13-15)28-24(31)22-23-19-9-4-5-10-21(19)32-26(22,3)30(25(33)29-23)18-8-6-7-17(27)14-18/h4-14,22-23H,1-3H3,(H,28,31)(H,29,33). The number of thiocarbonyl (C=S) groups is 1. The first-order valence-electron chi connectivity index (χ1n) is 10.8. The van der Waals surface area contributed by atoms with E-state index in [9.17, 15) is 4.79 Å². The highest BCUT2D eigenvalue weighted by atomic mass is 79.9. The molecule has 0 radical (unpaired) electrons. The number of fused-ring (bicyclic) bond motifs is 4. The van der Waals surface area contributed by atoms with Crippen LogP contribution < -0.4 is 20.3 Å². The van der Waals surface area contributed by atoms with Crippen LogP contribution in [0.2, 0.25) is 0 Å². The quantitative estimate of drug-likeness (QED) is 0.422. The van der Waals surface area contributed by atoms with E-state index in [1.165, 1.54) is 0 Å². The number of hydrogen-bond acceptors (Lipinski definition) is 3. The molecule has 3 aromatic rings. The summed E-state index contributed by atoms with van der Waals surface area (Å²) in [5.74, 6) is 0.0494. The van der Waals surface area contributed by atoms with E-state index >= 15 is 0 Å². The number of para-hydroxylation sites is 1. The highest BCUT2D eigenvalue weighted by Crippen LogP contribution is 2.49. The lowest BCUT2D eigenvalue weighted by atomic mass is 9.78. The van der Waals surface area contributed by atoms with Crippen LogP contribution in [-0.4, -0.2) is 16.7 Å². The maximum absolute atomic E-state index is 13.9. The number of amides is 1. The van der Waals surface area contributed by atoms with Crippen LogP contribution in [0.15, 0.2) is 71.2 Å². The molecule has 0 aliphatic carbocycles. The number of aryl methyl sites for hydroxylation is 2. The van der Waals surface area contributed by atoms with Crippen molar-refractivity contribution in [3.8, 4) is 5.75 Å². The Balaban J connectivity index is 1.62. The van der Waals surface area contributed by atoms with Gasteiger partial charge in [-0.25, -0.2) is 0 Å². The second-order valence-electron chi connectivity index (χ2n) is 8.72. The van der Waals surface area contributed by atoms with Crippen molar-refractivity contribution >= 4 is 50.5 Å². The van der Waals surface area contributed by atoms with Crippen molar-refractivity contribution in [2.75, 3.05) is 10.2 Å². The summed E-state index contributed by atoms with van der Waals surface area (Å²) >= 11 is 9.35. The topological polar surface area (TPSA) is 53.6 Å². The van der Waals surface area contributed by atoms with E-state index in [-0.39, 0.29) is 11.9 Å². The highest BCUT2D eigenvalue weighted by Gasteiger charge is 2.59. The SMILES string of the molecule is Cc1ccc(NC(=O)C2C3NC(=S)N(c4cccc(Br)c4)C2(C)Oc2ccccc23)c(C)c1. The van der Waals surface area contributed by atoms with Gasteiger partial charge in [-0.15, -0.1) is 0 Å². The van der Waals surface area contributed by atoms with Crippen molar-refractivity contribution in [1.29, 1.82) is 0 Å². The number of carbonyl (C=O) groups is 1. The van der Waals surface area contributed by atoms with Crippen LogP contribution in [0.25, 0.3) is 0 Å². The first kappa shape index (κ1) is 21.9. The molecule has 33 heavy (non-hydrogen) atoms. The normalized spacial score (nSPS) is 23.3. The number of rotatable bonds is 3. The summed E-state index contributed by atoms with van der Waals surface area (Å²) in [6.45, 7) is 5.98. The van der Waals surface area contributed by atoms with Crippen LogP contribution in [-0.2, 0) is 4.79 Å². The predicted molar refractivity (Wildman–Crippen MR) is 139 cm³/mol. The van der Waals surface area contributed by atoms with Gasteiger partial charge in [-0.3, -0.25) is 9.69 Å². The van der Waals surface area contributed by atoms with Gasteiger partial charge in [0.2, 0.25) is 5.91 Å². The first-order chi connectivity index (χ1) is 15.8. The Hall–Kier alpha value is -2.90. The minimum absolute atomic E-state index is 0.126. The van der Waals surface area contributed by atoms with Gasteiger partial charge in [0, 0.05) is 21.4 Å². The second-order valence-corrected chi connectivity index (χ2v) is 10.0. The third-order valence-corrected chi connectivity index (χ3v) is 7.19. The minimum Gasteiger partial charge on any atom is -0.467 e. The summed E-state index contributed by atoms with van der Waals surface area (Å²) in [5, 5.41) is 7.11. The lowest BCUT2D eigenvalue weighted by Crippen LogP contribution is -2.72. The van der Waals surface area contributed by atoms with Crippen molar-refractivity contribution in [2.45, 2.75) is 32.5 Å². The fourth-order valence-corrected chi connectivity index (χ4v) is 5.70. The summed E-state index contributed by atoms with van der Waals surface area (Å²) in [6, 6.07) is 21.3. The van der Waals surface area contributed by atoms with Crippen LogP contribution in [0.1, 0.15) is 29.7 Å². The minimum atomic E-state index is -1.04. The summed E-state index contributed by atoms with van der Waals surface area (Å²) in [7, 11) is 0. The van der Waals surface area contributed by atoms with E-state index in [1.54, 1.807) is 0 Å². The molecule has 1 saturated heterocycles. The van der Waals surface area contributed by atoms with Gasteiger partial charge < -0.3 is 15.4 Å². The van der Waals surface area contributed by atoms with Crippen LogP contribution in [0.3, 0.4) is 0 Å². The van der Waals surface area contributed by atoms with E-state index in [0.29, 0.717) is 5.11 Å². The van der Waals surface area contributed by atoms with Crippen molar-refractivity contribution in [1.82, 2.24) is 5.32 Å². The summed E-state index contributed by atoms with van der Waals surface area (Å²) < 4.78 is 7.53. The van der Waals surface area contributed by atoms with E-state index in [1.807, 2.05) is 86.3 Å². The average molecular weight is 522 g/mol. The van der Waals surface area contributed by atoms with Gasteiger partial charge in [0.1, 0.15) is 11.7 Å². The third-order valence-electron chi connectivity index (χ3n) is 6.40. The Morgan fingerprint density at radius 1 is 1.12 bits per heavy atom. The Kier molecular flexibility index (Phi) is 5.41. The Bertz CT molecular complexity index is 1280. The number of carbonyl (C=O) groups excluding carboxylic acids is 1. The number of ether oxygens (including phenoxy) is 1. The molecule has 2 aliphatic heterocycles. The molecule has 0 spiro atoms. The van der Waals surface area contributed by atoms with E-state index in [2.05, 4.69) is 32.6 Å². The zero-order valence-electron chi connectivity index (χ0n) is 18.6. The van der Waals surface area contributed by atoms with E-state index in [4.69, 9.17) is 17.0 Å². The molecule has 3 aromatic carbocycles. The van der Waals surface area contributed by atoms with Gasteiger partial charge in [-0.2, -0.15) is 0 Å². The molecule has 5 rings (SSSR count). The Morgan fingerprint density at radius 2 is 1.91 bits per heavy atom. The molecule has 2 bridgehead atoms. The fraction of sp³-hybridized carbons (Fsp3) is 0.231. The summed E-state index contributed by atoms with van der Waals surface area (Å²) in [5.41, 5.74) is 3.69. The summed E-state index contributed by atoms with van der Waals surface area (Å²) in [6.07, 6.45) is 0. The van der Waals surface area contributed by atoms with Gasteiger partial charge in [-0.1, -0.05) is 57.9 Å². The fourth-order valence-electron chi connectivity index (χ4n) is 4.90. The molecule has 2 N–H and O–H groups in total. The molecular weight excluding hydrogens is 498 g/mol. The molecule has 2 heterocycles. The van der Waals surface area contributed by atoms with Crippen LogP contribution >= 0.6 is 28.1 Å².